The van der Waals surface area contributed by atoms with Crippen LogP contribution in [0, 0.1) is 0 Å². The average Bonchev–Trinajstić information content (AvgIpc) is 3.20. The minimum atomic E-state index is 0.0522. The van der Waals surface area contributed by atoms with Crippen LogP contribution in [0.15, 0.2) is 46.3 Å². The molecule has 1 aliphatic heterocycles. The molecule has 1 saturated heterocycles. The van der Waals surface area contributed by atoms with Gasteiger partial charge in [-0.05, 0) is 52.4 Å². The van der Waals surface area contributed by atoms with Crippen LogP contribution >= 0.6 is 27.3 Å². The van der Waals surface area contributed by atoms with Crippen LogP contribution in [-0.4, -0.2) is 30.1 Å². The van der Waals surface area contributed by atoms with Gasteiger partial charge in [0.1, 0.15) is 0 Å². The first-order valence-electron chi connectivity index (χ1n) is 7.42. The Morgan fingerprint density at radius 1 is 1.32 bits per heavy atom. The highest BCUT2D eigenvalue weighted by Crippen LogP contribution is 2.22. The third kappa shape index (κ3) is 3.77. The van der Waals surface area contributed by atoms with E-state index in [1.165, 1.54) is 4.88 Å². The summed E-state index contributed by atoms with van der Waals surface area (Å²) in [5.41, 5.74) is 0.706. The molecule has 0 spiro atoms. The molecule has 1 amide bonds. The molecule has 116 valence electrons. The molecule has 5 heteroatoms. The van der Waals surface area contributed by atoms with Crippen molar-refractivity contribution in [1.82, 2.24) is 4.90 Å². The highest BCUT2D eigenvalue weighted by atomic mass is 79.9. The van der Waals surface area contributed by atoms with E-state index >= 15 is 0 Å². The number of benzene rings is 1. The van der Waals surface area contributed by atoms with Crippen LogP contribution in [0.4, 0.5) is 0 Å². The molecule has 1 unspecified atom stereocenters. The Morgan fingerprint density at radius 3 is 2.86 bits per heavy atom. The molecule has 1 aromatic carbocycles. The second-order valence-corrected chi connectivity index (χ2v) is 7.27. The summed E-state index contributed by atoms with van der Waals surface area (Å²) in [6.07, 6.45) is 2.27. The third-order valence-electron chi connectivity index (χ3n) is 3.77. The fourth-order valence-corrected chi connectivity index (χ4v) is 3.82. The maximum atomic E-state index is 12.9. The van der Waals surface area contributed by atoms with Crippen molar-refractivity contribution in [2.24, 2.45) is 0 Å². The maximum absolute atomic E-state index is 12.9. The van der Waals surface area contributed by atoms with Crippen LogP contribution in [0.5, 0.6) is 0 Å². The van der Waals surface area contributed by atoms with Crippen LogP contribution in [-0.2, 0) is 11.3 Å². The Bertz CT molecular complexity index is 623. The third-order valence-corrected chi connectivity index (χ3v) is 5.32. The van der Waals surface area contributed by atoms with Crippen molar-refractivity contribution in [3.63, 3.8) is 0 Å². The second kappa shape index (κ2) is 7.40. The van der Waals surface area contributed by atoms with Crippen molar-refractivity contribution in [2.75, 3.05) is 13.2 Å². The number of hydrogen-bond donors (Lipinski definition) is 0. The number of amides is 1. The molecular formula is C17H18BrNO2S. The Labute approximate surface area is 143 Å². The predicted octanol–water partition coefficient (Wildman–Crippen LogP) is 4.33. The van der Waals surface area contributed by atoms with Crippen molar-refractivity contribution < 1.29 is 9.53 Å². The Kier molecular flexibility index (Phi) is 5.28. The van der Waals surface area contributed by atoms with Crippen LogP contribution < -0.4 is 0 Å². The lowest BCUT2D eigenvalue weighted by Crippen LogP contribution is -2.36. The van der Waals surface area contributed by atoms with E-state index in [9.17, 15) is 4.79 Å². The molecule has 2 aromatic rings. The smallest absolute Gasteiger partial charge is 0.255 e. The zero-order chi connectivity index (χ0) is 15.4. The van der Waals surface area contributed by atoms with Crippen molar-refractivity contribution in [3.8, 4) is 0 Å². The van der Waals surface area contributed by atoms with E-state index in [2.05, 4.69) is 22.0 Å². The predicted molar refractivity (Wildman–Crippen MR) is 92.2 cm³/mol. The average molecular weight is 380 g/mol. The Hall–Kier alpha value is -1.17. The first-order valence-corrected chi connectivity index (χ1v) is 9.09. The normalized spacial score (nSPS) is 17.6. The van der Waals surface area contributed by atoms with Gasteiger partial charge in [0.15, 0.2) is 0 Å². The van der Waals surface area contributed by atoms with Gasteiger partial charge in [-0.3, -0.25) is 4.79 Å². The lowest BCUT2D eigenvalue weighted by molar-refractivity contribution is 0.0509. The highest BCUT2D eigenvalue weighted by Gasteiger charge is 2.24. The lowest BCUT2D eigenvalue weighted by Gasteiger charge is -2.25. The van der Waals surface area contributed by atoms with Gasteiger partial charge in [-0.25, -0.2) is 0 Å². The van der Waals surface area contributed by atoms with Gasteiger partial charge < -0.3 is 9.64 Å². The molecule has 0 bridgehead atoms. The van der Waals surface area contributed by atoms with Crippen molar-refractivity contribution in [2.45, 2.75) is 25.5 Å². The van der Waals surface area contributed by atoms with Gasteiger partial charge in [-0.15, -0.1) is 11.3 Å². The molecule has 1 fully saturated rings. The molecule has 0 radical (unpaired) electrons. The number of ether oxygens (including phenoxy) is 1. The summed E-state index contributed by atoms with van der Waals surface area (Å²) in [6.45, 7) is 2.09. The number of halogens is 1. The van der Waals surface area contributed by atoms with E-state index in [0.29, 0.717) is 18.7 Å². The fraction of sp³-hybridized carbons (Fsp3) is 0.353. The zero-order valence-corrected chi connectivity index (χ0v) is 14.6. The number of nitrogens with zero attached hydrogens (tertiary/aromatic N) is 1. The molecule has 0 saturated carbocycles. The number of rotatable bonds is 5. The summed E-state index contributed by atoms with van der Waals surface area (Å²) in [7, 11) is 0. The molecule has 1 aromatic heterocycles. The molecule has 0 N–H and O–H groups in total. The SMILES string of the molecule is O=C(c1ccccc1Br)N(Cc1cccs1)CC1CCCO1. The van der Waals surface area contributed by atoms with Gasteiger partial charge in [0, 0.05) is 22.5 Å². The standard InChI is InChI=1S/C17H18BrNO2S/c18-16-8-2-1-7-15(16)17(20)19(11-13-5-3-9-21-13)12-14-6-4-10-22-14/h1-2,4,6-8,10,13H,3,5,9,11-12H2. The first kappa shape index (κ1) is 15.7. The summed E-state index contributed by atoms with van der Waals surface area (Å²) in [5.74, 6) is 0.0522. The molecule has 1 atom stereocenters. The van der Waals surface area contributed by atoms with Crippen LogP contribution in [0.1, 0.15) is 28.1 Å². The van der Waals surface area contributed by atoms with E-state index in [4.69, 9.17) is 4.74 Å². The molecule has 3 nitrogen and oxygen atoms in total. The summed E-state index contributed by atoms with van der Waals surface area (Å²) < 4.78 is 6.55. The van der Waals surface area contributed by atoms with Gasteiger partial charge in [-0.1, -0.05) is 18.2 Å². The van der Waals surface area contributed by atoms with Crippen molar-refractivity contribution in [1.29, 1.82) is 0 Å². The molecule has 1 aliphatic rings. The molecular weight excluding hydrogens is 362 g/mol. The largest absolute Gasteiger partial charge is 0.376 e. The zero-order valence-electron chi connectivity index (χ0n) is 12.2. The quantitative estimate of drug-likeness (QED) is 0.773. The van der Waals surface area contributed by atoms with E-state index < -0.39 is 0 Å². The summed E-state index contributed by atoms with van der Waals surface area (Å²) >= 11 is 5.16. The van der Waals surface area contributed by atoms with Gasteiger partial charge in [-0.2, -0.15) is 0 Å². The van der Waals surface area contributed by atoms with Crippen LogP contribution in [0.3, 0.4) is 0 Å². The highest BCUT2D eigenvalue weighted by molar-refractivity contribution is 9.10. The number of carbonyl (C=O) groups is 1. The van der Waals surface area contributed by atoms with Crippen LogP contribution in [0.2, 0.25) is 0 Å². The maximum Gasteiger partial charge on any atom is 0.255 e. The molecule has 0 aliphatic carbocycles. The Morgan fingerprint density at radius 2 is 2.18 bits per heavy atom. The molecule has 3 rings (SSSR count). The van der Waals surface area contributed by atoms with Gasteiger partial charge in [0.2, 0.25) is 0 Å². The second-order valence-electron chi connectivity index (χ2n) is 5.38. The summed E-state index contributed by atoms with van der Waals surface area (Å²) in [5, 5.41) is 2.04. The van der Waals surface area contributed by atoms with E-state index in [-0.39, 0.29) is 12.0 Å². The number of hydrogen-bond acceptors (Lipinski definition) is 3. The van der Waals surface area contributed by atoms with Crippen molar-refractivity contribution >= 4 is 33.2 Å². The van der Waals surface area contributed by atoms with Gasteiger partial charge >= 0.3 is 0 Å². The van der Waals surface area contributed by atoms with Gasteiger partial charge in [0.05, 0.1) is 18.2 Å². The summed E-state index contributed by atoms with van der Waals surface area (Å²) in [4.78, 5) is 16.0. The molecule has 22 heavy (non-hydrogen) atoms. The minimum absolute atomic E-state index is 0.0522. The first-order chi connectivity index (χ1) is 10.7. The van der Waals surface area contributed by atoms with Crippen LogP contribution in [0.25, 0.3) is 0 Å². The van der Waals surface area contributed by atoms with E-state index in [1.54, 1.807) is 11.3 Å². The fourth-order valence-electron chi connectivity index (χ4n) is 2.65. The number of carbonyl (C=O) groups excluding carboxylic acids is 1. The minimum Gasteiger partial charge on any atom is -0.376 e. The van der Waals surface area contributed by atoms with E-state index in [1.807, 2.05) is 40.6 Å². The van der Waals surface area contributed by atoms with E-state index in [0.717, 1.165) is 23.9 Å². The molecule has 2 heterocycles. The van der Waals surface area contributed by atoms with Crippen molar-refractivity contribution in [3.05, 3.63) is 56.7 Å². The lowest BCUT2D eigenvalue weighted by atomic mass is 10.1. The van der Waals surface area contributed by atoms with Gasteiger partial charge in [0.25, 0.3) is 5.91 Å². The monoisotopic (exact) mass is 379 g/mol. The Balaban J connectivity index is 1.80. The topological polar surface area (TPSA) is 29.5 Å². The number of thiophene rings is 1. The summed E-state index contributed by atoms with van der Waals surface area (Å²) in [6, 6.07) is 11.7.